The monoisotopic (exact) mass is 642 g/mol. The molecule has 0 atom stereocenters. The lowest BCUT2D eigenvalue weighted by Crippen LogP contribution is -2.31. The summed E-state index contributed by atoms with van der Waals surface area (Å²) in [4.78, 5) is 26.4. The molecular weight excluding hydrogens is 617 g/mol. The van der Waals surface area contributed by atoms with Crippen LogP contribution in [0.1, 0.15) is 41.3 Å². The fraction of sp³-hybridized carbons (Fsp3) is 0.280. The summed E-state index contributed by atoms with van der Waals surface area (Å²) in [6, 6.07) is 10.1. The molecule has 2 aromatic carbocycles. The number of carbonyl (C=O) groups is 1. The standard InChI is InChI=1S/C25H25F2IN4O4S/c1-3-37(35,36)31-21-6-4-5-14(22(21)27)11-15-12-18(24(33)29-17-8-9-17)23(32(2)25(15)34)30-20-10-7-16(28)13-19(20)26/h4-7,10,12-13,17,30-31H,3,8-9,11H2,1-2H3,(H,29,33). The molecule has 1 fully saturated rings. The number of hydrogen-bond acceptors (Lipinski definition) is 5. The van der Waals surface area contributed by atoms with Crippen LogP contribution in [0, 0.1) is 15.2 Å². The van der Waals surface area contributed by atoms with Gasteiger partial charge in [-0.2, -0.15) is 0 Å². The lowest BCUT2D eigenvalue weighted by molar-refractivity contribution is 0.0951. The number of amides is 1. The molecule has 196 valence electrons. The molecule has 0 spiro atoms. The number of hydrogen-bond donors (Lipinski definition) is 3. The predicted molar refractivity (Wildman–Crippen MR) is 147 cm³/mol. The summed E-state index contributed by atoms with van der Waals surface area (Å²) in [7, 11) is -2.27. The van der Waals surface area contributed by atoms with Crippen LogP contribution in [0.25, 0.3) is 0 Å². The second-order valence-electron chi connectivity index (χ2n) is 8.75. The summed E-state index contributed by atoms with van der Waals surface area (Å²) in [5.41, 5.74) is -0.362. The van der Waals surface area contributed by atoms with Gasteiger partial charge in [0.15, 0.2) is 5.82 Å². The van der Waals surface area contributed by atoms with Crippen LogP contribution in [0.3, 0.4) is 0 Å². The maximum atomic E-state index is 15.2. The number of sulfonamides is 1. The maximum Gasteiger partial charge on any atom is 0.255 e. The molecule has 1 heterocycles. The number of pyridine rings is 1. The van der Waals surface area contributed by atoms with Gasteiger partial charge in [0.1, 0.15) is 11.6 Å². The van der Waals surface area contributed by atoms with Crippen molar-refractivity contribution in [3.8, 4) is 0 Å². The summed E-state index contributed by atoms with van der Waals surface area (Å²) in [6.07, 6.45) is 1.48. The van der Waals surface area contributed by atoms with Gasteiger partial charge < -0.3 is 10.6 Å². The molecular formula is C25H25F2IN4O4S. The Hall–Kier alpha value is -3.00. The van der Waals surface area contributed by atoms with Crippen molar-refractivity contribution in [1.82, 2.24) is 9.88 Å². The Morgan fingerprint density at radius 1 is 1.11 bits per heavy atom. The van der Waals surface area contributed by atoms with E-state index in [-0.39, 0.29) is 52.1 Å². The van der Waals surface area contributed by atoms with Crippen LogP contribution in [0.5, 0.6) is 0 Å². The summed E-state index contributed by atoms with van der Waals surface area (Å²) in [6.45, 7) is 1.43. The third-order valence-corrected chi connectivity index (χ3v) is 7.90. The minimum Gasteiger partial charge on any atom is -0.349 e. The number of nitrogens with one attached hydrogen (secondary N) is 3. The molecule has 1 amide bonds. The summed E-state index contributed by atoms with van der Waals surface area (Å²) >= 11 is 1.98. The van der Waals surface area contributed by atoms with Crippen molar-refractivity contribution >= 4 is 55.7 Å². The van der Waals surface area contributed by atoms with E-state index >= 15 is 4.39 Å². The minimum atomic E-state index is -3.71. The number of anilines is 3. The zero-order chi connectivity index (χ0) is 26.9. The lowest BCUT2D eigenvalue weighted by Gasteiger charge is -2.18. The van der Waals surface area contributed by atoms with E-state index in [9.17, 15) is 22.4 Å². The van der Waals surface area contributed by atoms with Crippen molar-refractivity contribution in [2.75, 3.05) is 15.8 Å². The summed E-state index contributed by atoms with van der Waals surface area (Å²) in [5, 5.41) is 5.74. The second-order valence-corrected chi connectivity index (χ2v) is 12.0. The molecule has 3 aromatic rings. The molecule has 1 aromatic heterocycles. The third kappa shape index (κ3) is 6.29. The Labute approximate surface area is 226 Å². The van der Waals surface area contributed by atoms with Crippen LogP contribution in [-0.4, -0.2) is 30.7 Å². The van der Waals surface area contributed by atoms with Crippen molar-refractivity contribution in [1.29, 1.82) is 0 Å². The summed E-state index contributed by atoms with van der Waals surface area (Å²) in [5.74, 6) is -1.94. The molecule has 37 heavy (non-hydrogen) atoms. The first kappa shape index (κ1) is 27.0. The predicted octanol–water partition coefficient (Wildman–Crippen LogP) is 4.26. The quantitative estimate of drug-likeness (QED) is 0.303. The smallest absolute Gasteiger partial charge is 0.255 e. The van der Waals surface area contributed by atoms with Gasteiger partial charge in [0.25, 0.3) is 11.5 Å². The van der Waals surface area contributed by atoms with Gasteiger partial charge in [-0.3, -0.25) is 18.9 Å². The van der Waals surface area contributed by atoms with Crippen LogP contribution in [-0.2, 0) is 23.5 Å². The number of carbonyl (C=O) groups excluding carboxylic acids is 1. The van der Waals surface area contributed by atoms with E-state index in [4.69, 9.17) is 0 Å². The van der Waals surface area contributed by atoms with Crippen LogP contribution < -0.4 is 20.9 Å². The second kappa shape index (κ2) is 10.8. The highest BCUT2D eigenvalue weighted by molar-refractivity contribution is 14.1. The van der Waals surface area contributed by atoms with Gasteiger partial charge in [-0.05, 0) is 78.3 Å². The Bertz CT molecular complexity index is 1540. The maximum absolute atomic E-state index is 15.2. The third-order valence-electron chi connectivity index (χ3n) is 5.93. The Kier molecular flexibility index (Phi) is 7.88. The molecule has 0 unspecified atom stereocenters. The van der Waals surface area contributed by atoms with E-state index in [0.29, 0.717) is 3.57 Å². The van der Waals surface area contributed by atoms with Crippen molar-refractivity contribution in [3.05, 3.63) is 84.7 Å². The van der Waals surface area contributed by atoms with Crippen molar-refractivity contribution in [2.45, 2.75) is 32.2 Å². The Morgan fingerprint density at radius 2 is 1.84 bits per heavy atom. The topological polar surface area (TPSA) is 109 Å². The van der Waals surface area contributed by atoms with Crippen LogP contribution in [0.4, 0.5) is 26.0 Å². The minimum absolute atomic E-state index is 0.0248. The summed E-state index contributed by atoms with van der Waals surface area (Å²) < 4.78 is 57.7. The number of rotatable bonds is 9. The number of nitrogens with zero attached hydrogens (tertiary/aromatic N) is 1. The van der Waals surface area contributed by atoms with E-state index < -0.39 is 33.1 Å². The van der Waals surface area contributed by atoms with Gasteiger partial charge in [0.2, 0.25) is 10.0 Å². The lowest BCUT2D eigenvalue weighted by atomic mass is 10.0. The normalized spacial score (nSPS) is 13.3. The van der Waals surface area contributed by atoms with Crippen molar-refractivity contribution < 1.29 is 22.0 Å². The van der Waals surface area contributed by atoms with Gasteiger partial charge >= 0.3 is 0 Å². The largest absolute Gasteiger partial charge is 0.349 e. The SMILES string of the molecule is CCS(=O)(=O)Nc1cccc(Cc2cc(C(=O)NC3CC3)c(Nc3ccc(I)cc3F)n(C)c2=O)c1F. The van der Waals surface area contributed by atoms with Gasteiger partial charge in [-0.15, -0.1) is 0 Å². The van der Waals surface area contributed by atoms with Gasteiger partial charge in [0.05, 0.1) is 22.7 Å². The van der Waals surface area contributed by atoms with Crippen molar-refractivity contribution in [2.24, 2.45) is 7.05 Å². The van der Waals surface area contributed by atoms with E-state index in [2.05, 4.69) is 15.4 Å². The van der Waals surface area contributed by atoms with Crippen LogP contribution in [0.2, 0.25) is 0 Å². The molecule has 0 aliphatic heterocycles. The van der Waals surface area contributed by atoms with Gasteiger partial charge in [-0.25, -0.2) is 17.2 Å². The fourth-order valence-corrected chi connectivity index (χ4v) is 4.79. The number of halogens is 3. The Balaban J connectivity index is 1.76. The van der Waals surface area contributed by atoms with E-state index in [0.717, 1.165) is 12.8 Å². The molecule has 1 aliphatic carbocycles. The van der Waals surface area contributed by atoms with E-state index in [1.807, 2.05) is 22.6 Å². The molecule has 1 aliphatic rings. The van der Waals surface area contributed by atoms with Crippen LogP contribution in [0.15, 0.2) is 47.3 Å². The molecule has 8 nitrogen and oxygen atoms in total. The zero-order valence-electron chi connectivity index (χ0n) is 20.1. The average molecular weight is 642 g/mol. The first-order valence-electron chi connectivity index (χ1n) is 11.5. The van der Waals surface area contributed by atoms with Crippen LogP contribution >= 0.6 is 22.6 Å². The number of aromatic nitrogens is 1. The molecule has 3 N–H and O–H groups in total. The average Bonchev–Trinajstić information content (AvgIpc) is 3.66. The number of benzene rings is 2. The molecule has 0 bridgehead atoms. The molecule has 1 saturated carbocycles. The highest BCUT2D eigenvalue weighted by Gasteiger charge is 2.27. The van der Waals surface area contributed by atoms with Gasteiger partial charge in [0, 0.05) is 28.6 Å². The first-order valence-corrected chi connectivity index (χ1v) is 14.3. The van der Waals surface area contributed by atoms with Crippen molar-refractivity contribution in [3.63, 3.8) is 0 Å². The zero-order valence-corrected chi connectivity index (χ0v) is 23.0. The molecule has 4 rings (SSSR count). The first-order chi connectivity index (χ1) is 17.5. The molecule has 0 saturated heterocycles. The van der Waals surface area contributed by atoms with E-state index in [1.165, 1.54) is 54.9 Å². The van der Waals surface area contributed by atoms with Gasteiger partial charge in [-0.1, -0.05) is 12.1 Å². The Morgan fingerprint density at radius 3 is 2.49 bits per heavy atom. The molecule has 0 radical (unpaired) electrons. The van der Waals surface area contributed by atoms with E-state index in [1.54, 1.807) is 6.07 Å². The fourth-order valence-electron chi connectivity index (χ4n) is 3.70. The highest BCUT2D eigenvalue weighted by atomic mass is 127. The highest BCUT2D eigenvalue weighted by Crippen LogP contribution is 2.27. The molecule has 12 heteroatoms.